The molecule has 0 heterocycles. The Kier molecular flexibility index (Phi) is 5.16. The summed E-state index contributed by atoms with van der Waals surface area (Å²) >= 11 is 0. The van der Waals surface area contributed by atoms with Gasteiger partial charge in [-0.1, -0.05) is 30.3 Å². The number of aryl methyl sites for hydroxylation is 1. The molecule has 4 nitrogen and oxygen atoms in total. The third-order valence-electron chi connectivity index (χ3n) is 3.57. The van der Waals surface area contributed by atoms with Crippen molar-refractivity contribution in [2.75, 3.05) is 6.54 Å². The number of rotatable bonds is 8. The van der Waals surface area contributed by atoms with Crippen molar-refractivity contribution in [1.82, 2.24) is 4.90 Å². The van der Waals surface area contributed by atoms with E-state index in [1.807, 2.05) is 18.2 Å². The van der Waals surface area contributed by atoms with Gasteiger partial charge in [0.2, 0.25) is 5.91 Å². The van der Waals surface area contributed by atoms with Crippen LogP contribution in [0, 0.1) is 0 Å². The lowest BCUT2D eigenvalue weighted by Gasteiger charge is -2.21. The summed E-state index contributed by atoms with van der Waals surface area (Å²) in [5.41, 5.74) is 1.24. The van der Waals surface area contributed by atoms with Crippen LogP contribution in [0.5, 0.6) is 0 Å². The van der Waals surface area contributed by atoms with Crippen molar-refractivity contribution in [1.29, 1.82) is 0 Å². The number of aliphatic carboxylic acids is 1. The molecular formula is C16H21NO3. The lowest BCUT2D eigenvalue weighted by molar-refractivity contribution is -0.138. The zero-order valence-corrected chi connectivity index (χ0v) is 11.6. The van der Waals surface area contributed by atoms with Crippen LogP contribution in [0.25, 0.3) is 0 Å². The van der Waals surface area contributed by atoms with Crippen LogP contribution < -0.4 is 0 Å². The molecule has 1 fully saturated rings. The molecule has 1 amide bonds. The molecule has 0 atom stereocenters. The van der Waals surface area contributed by atoms with Crippen molar-refractivity contribution in [3.63, 3.8) is 0 Å². The highest BCUT2D eigenvalue weighted by molar-refractivity contribution is 5.77. The van der Waals surface area contributed by atoms with Gasteiger partial charge in [0.05, 0.1) is 6.42 Å². The second-order valence-corrected chi connectivity index (χ2v) is 5.30. The molecule has 0 unspecified atom stereocenters. The van der Waals surface area contributed by atoms with E-state index in [1.165, 1.54) is 5.56 Å². The lowest BCUT2D eigenvalue weighted by Crippen LogP contribution is -2.34. The standard InChI is InChI=1S/C16H21NO3/c18-15(8-4-7-13-5-2-1-3-6-13)17(14-9-10-14)12-11-16(19)20/h1-3,5-6,14H,4,7-12H2,(H,19,20). The van der Waals surface area contributed by atoms with Crippen molar-refractivity contribution in [3.8, 4) is 0 Å². The molecule has 108 valence electrons. The fraction of sp³-hybridized carbons (Fsp3) is 0.500. The molecular weight excluding hydrogens is 254 g/mol. The van der Waals surface area contributed by atoms with Crippen LogP contribution in [-0.4, -0.2) is 34.5 Å². The quantitative estimate of drug-likeness (QED) is 0.793. The van der Waals surface area contributed by atoms with Gasteiger partial charge in [0.1, 0.15) is 0 Å². The summed E-state index contributed by atoms with van der Waals surface area (Å²) in [5, 5.41) is 8.73. The van der Waals surface area contributed by atoms with Gasteiger partial charge in [-0.25, -0.2) is 0 Å². The van der Waals surface area contributed by atoms with Gasteiger partial charge in [0, 0.05) is 19.0 Å². The van der Waals surface area contributed by atoms with Crippen LogP contribution in [0.3, 0.4) is 0 Å². The van der Waals surface area contributed by atoms with Crippen molar-refractivity contribution >= 4 is 11.9 Å². The number of nitrogens with zero attached hydrogens (tertiary/aromatic N) is 1. The molecule has 0 spiro atoms. The molecule has 4 heteroatoms. The van der Waals surface area contributed by atoms with E-state index in [2.05, 4.69) is 12.1 Å². The zero-order valence-electron chi connectivity index (χ0n) is 11.6. The molecule has 1 N–H and O–H groups in total. The van der Waals surface area contributed by atoms with E-state index >= 15 is 0 Å². The predicted octanol–water partition coefficient (Wildman–Crippen LogP) is 2.48. The van der Waals surface area contributed by atoms with E-state index < -0.39 is 5.97 Å². The number of amides is 1. The molecule has 0 aromatic heterocycles. The first-order valence-electron chi connectivity index (χ1n) is 7.22. The van der Waals surface area contributed by atoms with Crippen molar-refractivity contribution < 1.29 is 14.7 Å². The van der Waals surface area contributed by atoms with E-state index in [9.17, 15) is 9.59 Å². The summed E-state index contributed by atoms with van der Waals surface area (Å²) in [4.78, 5) is 24.6. The average molecular weight is 275 g/mol. The summed E-state index contributed by atoms with van der Waals surface area (Å²) in [6, 6.07) is 10.4. The van der Waals surface area contributed by atoms with E-state index in [1.54, 1.807) is 4.90 Å². The Balaban J connectivity index is 1.75. The first-order chi connectivity index (χ1) is 9.66. The van der Waals surface area contributed by atoms with Crippen LogP contribution in [0.15, 0.2) is 30.3 Å². The van der Waals surface area contributed by atoms with Gasteiger partial charge < -0.3 is 10.0 Å². The third kappa shape index (κ3) is 4.68. The number of carboxylic acids is 1. The smallest absolute Gasteiger partial charge is 0.305 e. The number of carboxylic acid groups (broad SMARTS) is 1. The molecule has 1 saturated carbocycles. The fourth-order valence-electron chi connectivity index (χ4n) is 2.35. The molecule has 0 saturated heterocycles. The van der Waals surface area contributed by atoms with Crippen LogP contribution in [0.4, 0.5) is 0 Å². The van der Waals surface area contributed by atoms with Gasteiger partial charge in [-0.3, -0.25) is 9.59 Å². The maximum Gasteiger partial charge on any atom is 0.305 e. The maximum atomic E-state index is 12.2. The lowest BCUT2D eigenvalue weighted by atomic mass is 10.1. The van der Waals surface area contributed by atoms with E-state index in [0.29, 0.717) is 19.0 Å². The molecule has 0 radical (unpaired) electrons. The molecule has 1 aromatic carbocycles. The van der Waals surface area contributed by atoms with Gasteiger partial charge in [-0.05, 0) is 31.2 Å². The first-order valence-corrected chi connectivity index (χ1v) is 7.22. The topological polar surface area (TPSA) is 57.6 Å². The van der Waals surface area contributed by atoms with Gasteiger partial charge in [0.15, 0.2) is 0 Å². The van der Waals surface area contributed by atoms with Gasteiger partial charge in [-0.15, -0.1) is 0 Å². The highest BCUT2D eigenvalue weighted by Gasteiger charge is 2.32. The summed E-state index contributed by atoms with van der Waals surface area (Å²) in [6.45, 7) is 0.351. The molecule has 0 bridgehead atoms. The third-order valence-corrected chi connectivity index (χ3v) is 3.57. The monoisotopic (exact) mass is 275 g/mol. The molecule has 20 heavy (non-hydrogen) atoms. The number of hydrogen-bond donors (Lipinski definition) is 1. The highest BCUT2D eigenvalue weighted by atomic mass is 16.4. The van der Waals surface area contributed by atoms with E-state index in [-0.39, 0.29) is 12.3 Å². The minimum absolute atomic E-state index is 0.0426. The van der Waals surface area contributed by atoms with E-state index in [0.717, 1.165) is 25.7 Å². The minimum atomic E-state index is -0.840. The predicted molar refractivity (Wildman–Crippen MR) is 76.4 cm³/mol. The molecule has 1 aromatic rings. The van der Waals surface area contributed by atoms with Crippen molar-refractivity contribution in [2.45, 2.75) is 44.6 Å². The first kappa shape index (κ1) is 14.6. The van der Waals surface area contributed by atoms with Gasteiger partial charge in [0.25, 0.3) is 0 Å². The Morgan fingerprint density at radius 2 is 1.85 bits per heavy atom. The van der Waals surface area contributed by atoms with Crippen LogP contribution in [0.1, 0.15) is 37.7 Å². The van der Waals surface area contributed by atoms with Crippen LogP contribution in [-0.2, 0) is 16.0 Å². The minimum Gasteiger partial charge on any atom is -0.481 e. The van der Waals surface area contributed by atoms with Crippen LogP contribution >= 0.6 is 0 Å². The molecule has 2 rings (SSSR count). The fourth-order valence-corrected chi connectivity index (χ4v) is 2.35. The number of carbonyl (C=O) groups is 2. The summed E-state index contributed by atoms with van der Waals surface area (Å²) < 4.78 is 0. The number of hydrogen-bond acceptors (Lipinski definition) is 2. The Hall–Kier alpha value is -1.84. The van der Waals surface area contributed by atoms with Crippen molar-refractivity contribution in [2.24, 2.45) is 0 Å². The Labute approximate surface area is 119 Å². The Bertz CT molecular complexity index is 454. The SMILES string of the molecule is O=C(O)CCN(C(=O)CCCc1ccccc1)C1CC1. The van der Waals surface area contributed by atoms with Gasteiger partial charge >= 0.3 is 5.97 Å². The maximum absolute atomic E-state index is 12.2. The average Bonchev–Trinajstić information content (AvgIpc) is 3.24. The normalized spacial score (nSPS) is 14.0. The molecule has 1 aliphatic rings. The number of benzene rings is 1. The second kappa shape index (κ2) is 7.08. The highest BCUT2D eigenvalue weighted by Crippen LogP contribution is 2.27. The van der Waals surface area contributed by atoms with Crippen LogP contribution in [0.2, 0.25) is 0 Å². The molecule has 1 aliphatic carbocycles. The Morgan fingerprint density at radius 1 is 1.15 bits per heavy atom. The largest absolute Gasteiger partial charge is 0.481 e. The Morgan fingerprint density at radius 3 is 2.45 bits per heavy atom. The summed E-state index contributed by atoms with van der Waals surface area (Å²) in [7, 11) is 0. The van der Waals surface area contributed by atoms with Gasteiger partial charge in [-0.2, -0.15) is 0 Å². The zero-order chi connectivity index (χ0) is 14.4. The summed E-state index contributed by atoms with van der Waals surface area (Å²) in [5.74, 6) is -0.739. The summed E-state index contributed by atoms with van der Waals surface area (Å²) in [6.07, 6.45) is 4.29. The molecule has 0 aliphatic heterocycles. The van der Waals surface area contributed by atoms with Crippen molar-refractivity contribution in [3.05, 3.63) is 35.9 Å². The van der Waals surface area contributed by atoms with E-state index in [4.69, 9.17) is 5.11 Å². The number of carbonyl (C=O) groups excluding carboxylic acids is 1. The second-order valence-electron chi connectivity index (χ2n) is 5.30.